The molecule has 0 unspecified atom stereocenters. The van der Waals surface area contributed by atoms with E-state index in [1.807, 2.05) is 30.3 Å². The number of hydrogen-bond acceptors (Lipinski definition) is 6. The lowest BCUT2D eigenvalue weighted by molar-refractivity contribution is 0.0701. The number of rotatable bonds is 5. The highest BCUT2D eigenvalue weighted by atomic mass is 32.2. The van der Waals surface area contributed by atoms with E-state index in [9.17, 15) is 13.2 Å². The molecule has 7 nitrogen and oxygen atoms in total. The van der Waals surface area contributed by atoms with Gasteiger partial charge in [-0.1, -0.05) is 41.6 Å². The molecule has 1 amide bonds. The van der Waals surface area contributed by atoms with E-state index in [0.29, 0.717) is 35.9 Å². The number of thiophene rings is 1. The molecule has 0 saturated carbocycles. The van der Waals surface area contributed by atoms with E-state index < -0.39 is 10.0 Å². The predicted molar refractivity (Wildman–Crippen MR) is 106 cm³/mol. The van der Waals surface area contributed by atoms with Crippen LogP contribution in [-0.2, 0) is 10.0 Å². The lowest BCUT2D eigenvalue weighted by Gasteiger charge is -2.31. The summed E-state index contributed by atoms with van der Waals surface area (Å²) in [5, 5.41) is 5.64. The fraction of sp³-hybridized carbons (Fsp3) is 0.263. The second kappa shape index (κ2) is 7.86. The van der Waals surface area contributed by atoms with Crippen molar-refractivity contribution in [2.45, 2.75) is 23.1 Å². The number of likely N-dealkylation sites (tertiary alicyclic amines) is 1. The summed E-state index contributed by atoms with van der Waals surface area (Å²) >= 11 is 1.19. The van der Waals surface area contributed by atoms with Crippen LogP contribution in [0.1, 0.15) is 23.3 Å². The largest absolute Gasteiger partial charge is 0.355 e. The summed E-state index contributed by atoms with van der Waals surface area (Å²) in [7, 11) is -3.50. The third-order valence-corrected chi connectivity index (χ3v) is 7.57. The lowest BCUT2D eigenvalue weighted by Crippen LogP contribution is -2.46. The van der Waals surface area contributed by atoms with Gasteiger partial charge in [0.15, 0.2) is 11.5 Å². The van der Waals surface area contributed by atoms with Gasteiger partial charge in [0.1, 0.15) is 4.21 Å². The number of amides is 1. The van der Waals surface area contributed by atoms with Crippen LogP contribution in [0.15, 0.2) is 62.6 Å². The number of aromatic nitrogens is 1. The molecule has 9 heteroatoms. The van der Waals surface area contributed by atoms with Crippen molar-refractivity contribution in [1.82, 2.24) is 14.8 Å². The van der Waals surface area contributed by atoms with E-state index in [-0.39, 0.29) is 17.6 Å². The first-order chi connectivity index (χ1) is 13.5. The smallest absolute Gasteiger partial charge is 0.276 e. The Morgan fingerprint density at radius 1 is 1.14 bits per heavy atom. The number of sulfonamides is 1. The fourth-order valence-corrected chi connectivity index (χ4v) is 5.49. The van der Waals surface area contributed by atoms with Gasteiger partial charge in [-0.25, -0.2) is 13.1 Å². The molecule has 0 aliphatic carbocycles. The summed E-state index contributed by atoms with van der Waals surface area (Å²) in [5.74, 6) is 0.341. The molecule has 0 radical (unpaired) electrons. The molecule has 1 fully saturated rings. The Morgan fingerprint density at radius 2 is 1.89 bits per heavy atom. The molecular formula is C19H19N3O4S2. The van der Waals surface area contributed by atoms with Crippen LogP contribution in [0, 0.1) is 0 Å². The highest BCUT2D eigenvalue weighted by molar-refractivity contribution is 7.91. The van der Waals surface area contributed by atoms with Crippen LogP contribution in [0.2, 0.25) is 0 Å². The number of piperidine rings is 1. The minimum atomic E-state index is -3.50. The molecule has 1 aliphatic rings. The summed E-state index contributed by atoms with van der Waals surface area (Å²) in [5.41, 5.74) is 1.12. The van der Waals surface area contributed by atoms with Crippen molar-refractivity contribution in [2.24, 2.45) is 0 Å². The first-order valence-corrected chi connectivity index (χ1v) is 11.3. The van der Waals surface area contributed by atoms with Crippen LogP contribution < -0.4 is 4.72 Å². The molecule has 0 bridgehead atoms. The Balaban J connectivity index is 1.36. The van der Waals surface area contributed by atoms with Gasteiger partial charge in [0.05, 0.1) is 0 Å². The van der Waals surface area contributed by atoms with Crippen molar-refractivity contribution in [2.75, 3.05) is 13.1 Å². The summed E-state index contributed by atoms with van der Waals surface area (Å²) in [6.45, 7) is 0.925. The first-order valence-electron chi connectivity index (χ1n) is 8.90. The second-order valence-corrected chi connectivity index (χ2v) is 9.45. The SMILES string of the molecule is O=C(c1cc(-c2ccccc2)on1)N1CCC(NS(=O)(=O)c2cccs2)CC1. The molecule has 1 aliphatic heterocycles. The molecule has 1 aromatic carbocycles. The zero-order valence-corrected chi connectivity index (χ0v) is 16.6. The van der Waals surface area contributed by atoms with Gasteiger partial charge in [-0.3, -0.25) is 4.79 Å². The number of carbonyl (C=O) groups is 1. The van der Waals surface area contributed by atoms with Crippen LogP contribution in [0.3, 0.4) is 0 Å². The molecule has 0 atom stereocenters. The van der Waals surface area contributed by atoms with Crippen molar-refractivity contribution in [3.8, 4) is 11.3 Å². The topological polar surface area (TPSA) is 92.5 Å². The average Bonchev–Trinajstić information content (AvgIpc) is 3.41. The standard InChI is InChI=1S/C19H19N3O4S2/c23-19(16-13-17(26-20-16)14-5-2-1-3-6-14)22-10-8-15(9-11-22)21-28(24,25)18-7-4-12-27-18/h1-7,12-13,15,21H,8-11H2. The summed E-state index contributed by atoms with van der Waals surface area (Å²) in [6.07, 6.45) is 1.11. The molecule has 4 rings (SSSR count). The quantitative estimate of drug-likeness (QED) is 0.689. The first kappa shape index (κ1) is 18.9. The molecule has 3 aromatic rings. The second-order valence-electron chi connectivity index (χ2n) is 6.56. The number of nitrogens with zero attached hydrogens (tertiary/aromatic N) is 2. The zero-order chi connectivity index (χ0) is 19.6. The van der Waals surface area contributed by atoms with Gasteiger partial charge in [-0.2, -0.15) is 0 Å². The molecule has 2 aromatic heterocycles. The molecule has 1 N–H and O–H groups in total. The van der Waals surface area contributed by atoms with Crippen molar-refractivity contribution in [1.29, 1.82) is 0 Å². The third kappa shape index (κ3) is 4.01. The maximum atomic E-state index is 12.7. The highest BCUT2D eigenvalue weighted by Gasteiger charge is 2.28. The van der Waals surface area contributed by atoms with E-state index in [2.05, 4.69) is 9.88 Å². The van der Waals surface area contributed by atoms with Crippen molar-refractivity contribution < 1.29 is 17.7 Å². The van der Waals surface area contributed by atoms with Crippen LogP contribution >= 0.6 is 11.3 Å². The maximum Gasteiger partial charge on any atom is 0.276 e. The fourth-order valence-electron chi connectivity index (χ4n) is 3.17. The van der Waals surface area contributed by atoms with Crippen LogP contribution in [-0.4, -0.2) is 43.5 Å². The van der Waals surface area contributed by atoms with Gasteiger partial charge in [0.2, 0.25) is 10.0 Å². The average molecular weight is 418 g/mol. The summed E-state index contributed by atoms with van der Waals surface area (Å²) in [4.78, 5) is 14.4. The minimum absolute atomic E-state index is 0.187. The molecule has 0 spiro atoms. The van der Waals surface area contributed by atoms with Gasteiger partial charge >= 0.3 is 0 Å². The number of benzene rings is 1. The third-order valence-electron chi connectivity index (χ3n) is 4.65. The number of carbonyl (C=O) groups excluding carboxylic acids is 1. The van der Waals surface area contributed by atoms with Gasteiger partial charge in [0, 0.05) is 30.8 Å². The molecule has 146 valence electrons. The normalized spacial score (nSPS) is 15.6. The number of nitrogens with one attached hydrogen (secondary N) is 1. The van der Waals surface area contributed by atoms with E-state index >= 15 is 0 Å². The van der Waals surface area contributed by atoms with Gasteiger partial charge in [0.25, 0.3) is 5.91 Å². The van der Waals surface area contributed by atoms with Crippen molar-refractivity contribution in [3.63, 3.8) is 0 Å². The molecule has 28 heavy (non-hydrogen) atoms. The number of hydrogen-bond donors (Lipinski definition) is 1. The maximum absolute atomic E-state index is 12.7. The van der Waals surface area contributed by atoms with Crippen LogP contribution in [0.25, 0.3) is 11.3 Å². The Kier molecular flexibility index (Phi) is 5.29. The predicted octanol–water partition coefficient (Wildman–Crippen LogP) is 2.99. The van der Waals surface area contributed by atoms with Gasteiger partial charge in [-0.05, 0) is 24.3 Å². The summed E-state index contributed by atoms with van der Waals surface area (Å²) in [6, 6.07) is 14.2. The zero-order valence-electron chi connectivity index (χ0n) is 14.9. The molecule has 3 heterocycles. The van der Waals surface area contributed by atoms with Gasteiger partial charge < -0.3 is 9.42 Å². The van der Waals surface area contributed by atoms with E-state index in [4.69, 9.17) is 4.52 Å². The van der Waals surface area contributed by atoms with Gasteiger partial charge in [-0.15, -0.1) is 11.3 Å². The molecular weight excluding hydrogens is 398 g/mol. The Bertz CT molecular complexity index is 1040. The highest BCUT2D eigenvalue weighted by Crippen LogP contribution is 2.22. The minimum Gasteiger partial charge on any atom is -0.355 e. The Morgan fingerprint density at radius 3 is 2.57 bits per heavy atom. The Hall–Kier alpha value is -2.49. The molecule has 1 saturated heterocycles. The van der Waals surface area contributed by atoms with E-state index in [0.717, 1.165) is 5.56 Å². The van der Waals surface area contributed by atoms with Crippen LogP contribution in [0.5, 0.6) is 0 Å². The van der Waals surface area contributed by atoms with Crippen molar-refractivity contribution in [3.05, 3.63) is 59.6 Å². The Labute approximate surface area is 167 Å². The van der Waals surface area contributed by atoms with Crippen LogP contribution in [0.4, 0.5) is 0 Å². The van der Waals surface area contributed by atoms with E-state index in [1.165, 1.54) is 11.3 Å². The van der Waals surface area contributed by atoms with Crippen molar-refractivity contribution >= 4 is 27.3 Å². The van der Waals surface area contributed by atoms with E-state index in [1.54, 1.807) is 28.5 Å². The monoisotopic (exact) mass is 417 g/mol. The summed E-state index contributed by atoms with van der Waals surface area (Å²) < 4.78 is 33.0. The lowest BCUT2D eigenvalue weighted by atomic mass is 10.1.